The molecule has 3 rings (SSSR count). The Morgan fingerprint density at radius 2 is 2.09 bits per heavy atom. The molecule has 1 aromatic carbocycles. The Bertz CT molecular complexity index is 868. The van der Waals surface area contributed by atoms with Gasteiger partial charge in [-0.05, 0) is 18.2 Å². The van der Waals surface area contributed by atoms with Crippen molar-refractivity contribution in [3.8, 4) is 5.75 Å². The minimum atomic E-state index is -3.84. The van der Waals surface area contributed by atoms with E-state index in [0.29, 0.717) is 17.8 Å². The number of hydrogen-bond donors (Lipinski definition) is 2. The number of methoxy groups -OCH3 is 1. The van der Waals surface area contributed by atoms with Crippen LogP contribution in [0.4, 0.5) is 0 Å². The fourth-order valence-corrected chi connectivity index (χ4v) is 2.67. The predicted octanol–water partition coefficient (Wildman–Crippen LogP) is -0.442. The molecule has 2 aliphatic heterocycles. The zero-order valence-electron chi connectivity index (χ0n) is 11.5. The van der Waals surface area contributed by atoms with E-state index in [9.17, 15) is 13.2 Å². The number of nitrogens with zero attached hydrogens (tertiary/aromatic N) is 2. The third kappa shape index (κ3) is 2.40. The zero-order valence-corrected chi connectivity index (χ0v) is 12.3. The molecule has 3 N–H and O–H groups in total. The highest BCUT2D eigenvalue weighted by Crippen LogP contribution is 2.27. The zero-order chi connectivity index (χ0) is 15.9. The number of nitrogens with two attached hydrogens (primary N) is 1. The summed E-state index contributed by atoms with van der Waals surface area (Å²) >= 11 is 0. The van der Waals surface area contributed by atoms with Crippen LogP contribution in [-0.4, -0.2) is 39.5 Å². The largest absolute Gasteiger partial charge is 0.496 e. The van der Waals surface area contributed by atoms with Gasteiger partial charge in [-0.15, -0.1) is 0 Å². The predicted molar refractivity (Wildman–Crippen MR) is 79.4 cm³/mol. The van der Waals surface area contributed by atoms with Crippen LogP contribution in [0.15, 0.2) is 44.9 Å². The van der Waals surface area contributed by atoms with Gasteiger partial charge in [0.2, 0.25) is 10.0 Å². The van der Waals surface area contributed by atoms with Crippen LogP contribution in [0, 0.1) is 0 Å². The van der Waals surface area contributed by atoms with Crippen molar-refractivity contribution < 1.29 is 17.9 Å². The van der Waals surface area contributed by atoms with Crippen molar-refractivity contribution in [2.24, 2.45) is 15.1 Å². The second-order valence-corrected chi connectivity index (χ2v) is 6.16. The van der Waals surface area contributed by atoms with Gasteiger partial charge in [0.1, 0.15) is 5.75 Å². The van der Waals surface area contributed by atoms with Crippen molar-refractivity contribution >= 4 is 27.5 Å². The van der Waals surface area contributed by atoms with E-state index in [-0.39, 0.29) is 28.1 Å². The van der Waals surface area contributed by atoms with E-state index in [1.807, 2.05) is 0 Å². The van der Waals surface area contributed by atoms with Crippen molar-refractivity contribution in [2.75, 3.05) is 13.7 Å². The second-order valence-electron chi connectivity index (χ2n) is 4.60. The fraction of sp³-hybridized carbons (Fsp3) is 0.154. The summed E-state index contributed by atoms with van der Waals surface area (Å²) in [6, 6.07) is 4.13. The van der Waals surface area contributed by atoms with Gasteiger partial charge in [0.25, 0.3) is 5.91 Å². The standard InChI is InChI=1S/C13H12N4O4S/c1-21-10-6-7(22(14,19)20)2-3-8(10)12-16-9-4-5-15-13(18)11(9)17-12/h2-4,6H,5H2,1H3,(H,15,18)(H2,14,19,20). The molecule has 0 saturated carbocycles. The van der Waals surface area contributed by atoms with E-state index < -0.39 is 10.0 Å². The van der Waals surface area contributed by atoms with Gasteiger partial charge in [0.05, 0.1) is 23.3 Å². The third-order valence-electron chi connectivity index (χ3n) is 3.20. The maximum Gasteiger partial charge on any atom is 0.272 e. The van der Waals surface area contributed by atoms with Crippen LogP contribution in [0.25, 0.3) is 0 Å². The molecular formula is C13H12N4O4S. The molecule has 0 atom stereocenters. The van der Waals surface area contributed by atoms with Gasteiger partial charge in [-0.2, -0.15) is 0 Å². The molecule has 2 aliphatic rings. The Kier molecular flexibility index (Phi) is 3.30. The normalized spacial score (nSPS) is 17.2. The van der Waals surface area contributed by atoms with Gasteiger partial charge in [-0.1, -0.05) is 0 Å². The molecule has 0 unspecified atom stereocenters. The first-order chi connectivity index (χ1) is 10.4. The number of primary sulfonamides is 1. The second kappa shape index (κ2) is 5.04. The molecule has 0 radical (unpaired) electrons. The smallest absolute Gasteiger partial charge is 0.272 e. The lowest BCUT2D eigenvalue weighted by Crippen LogP contribution is -2.35. The third-order valence-corrected chi connectivity index (χ3v) is 4.11. The fourth-order valence-electron chi connectivity index (χ4n) is 2.14. The van der Waals surface area contributed by atoms with Crippen LogP contribution < -0.4 is 15.2 Å². The molecule has 0 aromatic heterocycles. The number of ether oxygens (including phenoxy) is 1. The molecule has 0 fully saturated rings. The summed E-state index contributed by atoms with van der Waals surface area (Å²) in [5.74, 6) is 0.252. The van der Waals surface area contributed by atoms with E-state index in [1.54, 1.807) is 6.08 Å². The number of nitrogens with one attached hydrogen (secondary N) is 1. The number of carbonyl (C=O) groups is 1. The number of fused-ring (bicyclic) bond motifs is 1. The molecule has 2 heterocycles. The van der Waals surface area contributed by atoms with Crippen LogP contribution in [0.2, 0.25) is 0 Å². The maximum absolute atomic E-state index is 11.7. The van der Waals surface area contributed by atoms with Crippen molar-refractivity contribution in [1.82, 2.24) is 5.32 Å². The van der Waals surface area contributed by atoms with Gasteiger partial charge in [0, 0.05) is 12.6 Å². The van der Waals surface area contributed by atoms with Crippen molar-refractivity contribution in [2.45, 2.75) is 4.90 Å². The SMILES string of the molecule is COc1cc(S(N)(=O)=O)ccc1C1=NC2=CCNC(=O)C2=N1. The number of amides is 1. The Labute approximate surface area is 126 Å². The number of hydrogen-bond acceptors (Lipinski definition) is 6. The first-order valence-electron chi connectivity index (χ1n) is 6.27. The molecule has 114 valence electrons. The van der Waals surface area contributed by atoms with Gasteiger partial charge in [0.15, 0.2) is 11.5 Å². The van der Waals surface area contributed by atoms with Crippen LogP contribution >= 0.6 is 0 Å². The van der Waals surface area contributed by atoms with E-state index >= 15 is 0 Å². The minimum absolute atomic E-state index is 0.0753. The van der Waals surface area contributed by atoms with Crippen molar-refractivity contribution in [1.29, 1.82) is 0 Å². The molecule has 1 amide bonds. The van der Waals surface area contributed by atoms with Gasteiger partial charge in [-0.25, -0.2) is 23.5 Å². The quantitative estimate of drug-likeness (QED) is 0.783. The Morgan fingerprint density at radius 1 is 1.32 bits per heavy atom. The highest BCUT2D eigenvalue weighted by molar-refractivity contribution is 7.89. The lowest BCUT2D eigenvalue weighted by molar-refractivity contribution is -0.114. The number of carbonyl (C=O) groups excluding carboxylic acids is 1. The molecule has 9 heteroatoms. The molecule has 1 aromatic rings. The number of rotatable bonds is 3. The van der Waals surface area contributed by atoms with Crippen molar-refractivity contribution in [3.63, 3.8) is 0 Å². The number of amidine groups is 1. The number of aliphatic imine (C=N–C) groups is 2. The monoisotopic (exact) mass is 320 g/mol. The summed E-state index contributed by atoms with van der Waals surface area (Å²) in [7, 11) is -2.44. The summed E-state index contributed by atoms with van der Waals surface area (Å²) in [6.45, 7) is 0.394. The molecule has 22 heavy (non-hydrogen) atoms. The molecule has 0 spiro atoms. The van der Waals surface area contributed by atoms with Crippen LogP contribution in [0.3, 0.4) is 0 Å². The van der Waals surface area contributed by atoms with Gasteiger partial charge >= 0.3 is 0 Å². The summed E-state index contributed by atoms with van der Waals surface area (Å²) in [5.41, 5.74) is 1.21. The average molecular weight is 320 g/mol. The lowest BCUT2D eigenvalue weighted by atomic mass is 10.2. The Morgan fingerprint density at radius 3 is 2.73 bits per heavy atom. The molecule has 0 bridgehead atoms. The van der Waals surface area contributed by atoms with Crippen LogP contribution in [0.1, 0.15) is 5.56 Å². The number of sulfonamides is 1. The summed E-state index contributed by atoms with van der Waals surface area (Å²) < 4.78 is 28.0. The van der Waals surface area contributed by atoms with Gasteiger partial charge < -0.3 is 10.1 Å². The highest BCUT2D eigenvalue weighted by Gasteiger charge is 2.27. The Hall–Kier alpha value is -2.52. The van der Waals surface area contributed by atoms with Gasteiger partial charge in [-0.3, -0.25) is 4.79 Å². The molecular weight excluding hydrogens is 308 g/mol. The molecule has 0 aliphatic carbocycles. The van der Waals surface area contributed by atoms with E-state index in [4.69, 9.17) is 9.88 Å². The summed E-state index contributed by atoms with van der Waals surface area (Å²) in [5, 5.41) is 7.73. The molecule has 0 saturated heterocycles. The van der Waals surface area contributed by atoms with E-state index in [2.05, 4.69) is 15.3 Å². The summed E-state index contributed by atoms with van der Waals surface area (Å²) in [6.07, 6.45) is 1.75. The molecule has 8 nitrogen and oxygen atoms in total. The summed E-state index contributed by atoms with van der Waals surface area (Å²) in [4.78, 5) is 20.1. The topological polar surface area (TPSA) is 123 Å². The van der Waals surface area contributed by atoms with E-state index in [0.717, 1.165) is 0 Å². The average Bonchev–Trinajstić information content (AvgIpc) is 2.91. The lowest BCUT2D eigenvalue weighted by Gasteiger charge is -2.08. The van der Waals surface area contributed by atoms with E-state index in [1.165, 1.54) is 25.3 Å². The van der Waals surface area contributed by atoms with Crippen LogP contribution in [-0.2, 0) is 14.8 Å². The maximum atomic E-state index is 11.7. The Balaban J connectivity index is 2.09. The minimum Gasteiger partial charge on any atom is -0.496 e. The first-order valence-corrected chi connectivity index (χ1v) is 7.82. The first kappa shape index (κ1) is 14.4. The number of benzene rings is 1. The van der Waals surface area contributed by atoms with Crippen LogP contribution in [0.5, 0.6) is 5.75 Å². The highest BCUT2D eigenvalue weighted by atomic mass is 32.2. The van der Waals surface area contributed by atoms with Crippen molar-refractivity contribution in [3.05, 3.63) is 35.5 Å².